The van der Waals surface area contributed by atoms with Crippen LogP contribution in [0.25, 0.3) is 15.8 Å². The molecule has 16 heavy (non-hydrogen) atoms. The van der Waals surface area contributed by atoms with E-state index in [9.17, 15) is 4.79 Å². The maximum absolute atomic E-state index is 10.5. The second-order valence-electron chi connectivity index (χ2n) is 3.39. The molecule has 0 heterocycles. The van der Waals surface area contributed by atoms with Crippen LogP contribution in [0.4, 0.5) is 0 Å². The lowest BCUT2D eigenvalue weighted by atomic mass is 10.1. The van der Waals surface area contributed by atoms with Crippen LogP contribution in [-0.4, -0.2) is 11.1 Å². The summed E-state index contributed by atoms with van der Waals surface area (Å²) in [6, 6.07) is 13.4. The molecule has 0 fully saturated rings. The number of rotatable bonds is 2. The van der Waals surface area contributed by atoms with Crippen LogP contribution in [0.1, 0.15) is 5.56 Å². The van der Waals surface area contributed by atoms with Crippen molar-refractivity contribution in [3.63, 3.8) is 0 Å². The van der Waals surface area contributed by atoms with Gasteiger partial charge < -0.3 is 5.11 Å². The minimum absolute atomic E-state index is 0.234. The van der Waals surface area contributed by atoms with Crippen molar-refractivity contribution in [3.05, 3.63) is 54.1 Å². The first-order chi connectivity index (χ1) is 7.66. The summed E-state index contributed by atoms with van der Waals surface area (Å²) in [6.07, 6.45) is 0.992. The van der Waals surface area contributed by atoms with Crippen molar-refractivity contribution in [1.82, 2.24) is 0 Å². The highest BCUT2D eigenvalue weighted by atomic mass is 35.5. The van der Waals surface area contributed by atoms with E-state index in [1.165, 1.54) is 0 Å². The molecule has 2 aromatic rings. The number of hydrogen-bond acceptors (Lipinski definition) is 1. The van der Waals surface area contributed by atoms with E-state index in [2.05, 4.69) is 0 Å². The fraction of sp³-hybridized carbons (Fsp3) is 0. The van der Waals surface area contributed by atoms with E-state index in [-0.39, 0.29) is 5.03 Å². The van der Waals surface area contributed by atoms with Crippen LogP contribution in [0.3, 0.4) is 0 Å². The molecule has 0 saturated carbocycles. The highest BCUT2D eigenvalue weighted by Crippen LogP contribution is 2.23. The van der Waals surface area contributed by atoms with Crippen molar-refractivity contribution in [3.8, 4) is 0 Å². The molecule has 0 atom stereocenters. The summed E-state index contributed by atoms with van der Waals surface area (Å²) in [6.45, 7) is 0. The Labute approximate surface area is 97.8 Å². The number of benzene rings is 2. The third-order valence-corrected chi connectivity index (χ3v) is 2.60. The van der Waals surface area contributed by atoms with Gasteiger partial charge in [0, 0.05) is 6.08 Å². The molecular weight excluding hydrogens is 224 g/mol. The summed E-state index contributed by atoms with van der Waals surface area (Å²) in [7, 11) is 0. The summed E-state index contributed by atoms with van der Waals surface area (Å²) < 4.78 is 0. The van der Waals surface area contributed by atoms with Crippen molar-refractivity contribution < 1.29 is 9.90 Å². The van der Waals surface area contributed by atoms with Crippen molar-refractivity contribution >= 4 is 33.4 Å². The minimum atomic E-state index is -1.04. The highest BCUT2D eigenvalue weighted by Gasteiger charge is 2.01. The predicted octanol–water partition coefficient (Wildman–Crippen LogP) is 3.50. The molecule has 80 valence electrons. The zero-order valence-corrected chi connectivity index (χ0v) is 9.11. The van der Waals surface area contributed by atoms with Gasteiger partial charge in [-0.15, -0.1) is 0 Å². The van der Waals surface area contributed by atoms with Gasteiger partial charge in [0.2, 0.25) is 0 Å². The van der Waals surface area contributed by atoms with E-state index in [1.807, 2.05) is 42.5 Å². The topological polar surface area (TPSA) is 37.3 Å². The van der Waals surface area contributed by atoms with Gasteiger partial charge in [-0.3, -0.25) is 0 Å². The molecule has 0 bridgehead atoms. The lowest BCUT2D eigenvalue weighted by molar-refractivity contribution is -0.131. The largest absolute Gasteiger partial charge is 0.478 e. The van der Waals surface area contributed by atoms with E-state index in [0.29, 0.717) is 5.56 Å². The van der Waals surface area contributed by atoms with Gasteiger partial charge in [-0.05, 0) is 22.4 Å². The molecule has 0 amide bonds. The van der Waals surface area contributed by atoms with Crippen LogP contribution in [-0.2, 0) is 4.79 Å². The van der Waals surface area contributed by atoms with Crippen molar-refractivity contribution in [2.75, 3.05) is 0 Å². The molecule has 0 saturated heterocycles. The van der Waals surface area contributed by atoms with E-state index in [0.717, 1.165) is 16.8 Å². The Morgan fingerprint density at radius 3 is 2.50 bits per heavy atom. The number of fused-ring (bicyclic) bond motifs is 1. The van der Waals surface area contributed by atoms with Crippen LogP contribution >= 0.6 is 11.6 Å². The molecular formula is C13H9ClO2. The quantitative estimate of drug-likeness (QED) is 0.805. The van der Waals surface area contributed by atoms with Gasteiger partial charge >= 0.3 is 5.97 Å². The molecule has 0 aromatic heterocycles. The van der Waals surface area contributed by atoms with Crippen molar-refractivity contribution in [1.29, 1.82) is 0 Å². The predicted molar refractivity (Wildman–Crippen MR) is 65.4 cm³/mol. The molecule has 0 radical (unpaired) electrons. The molecule has 0 aliphatic carbocycles. The first-order valence-corrected chi connectivity index (χ1v) is 5.14. The standard InChI is InChI=1S/C13H9ClO2/c14-12(8-13(15)16)11-6-5-9-3-1-2-4-10(9)7-11/h1-8H,(H,15,16)/b12-8+. The Balaban J connectivity index is 2.51. The van der Waals surface area contributed by atoms with Gasteiger partial charge in [0.1, 0.15) is 0 Å². The van der Waals surface area contributed by atoms with Crippen molar-refractivity contribution in [2.24, 2.45) is 0 Å². The highest BCUT2D eigenvalue weighted by molar-refractivity contribution is 6.50. The Morgan fingerprint density at radius 2 is 1.81 bits per heavy atom. The SMILES string of the molecule is O=C(O)/C=C(/Cl)c1ccc2ccccc2c1. The Hall–Kier alpha value is -1.80. The van der Waals surface area contributed by atoms with Gasteiger partial charge in [0.25, 0.3) is 0 Å². The summed E-state index contributed by atoms with van der Waals surface area (Å²) in [5.74, 6) is -1.04. The fourth-order valence-corrected chi connectivity index (χ4v) is 1.74. The number of aliphatic carboxylic acids is 1. The molecule has 1 N–H and O–H groups in total. The van der Waals surface area contributed by atoms with E-state index >= 15 is 0 Å². The third-order valence-electron chi connectivity index (χ3n) is 2.28. The molecule has 0 unspecified atom stereocenters. The first kappa shape index (κ1) is 10.7. The molecule has 0 spiro atoms. The van der Waals surface area contributed by atoms with E-state index in [1.54, 1.807) is 0 Å². The first-order valence-electron chi connectivity index (χ1n) is 4.76. The minimum Gasteiger partial charge on any atom is -0.478 e. The van der Waals surface area contributed by atoms with E-state index < -0.39 is 5.97 Å². The molecule has 2 nitrogen and oxygen atoms in total. The van der Waals surface area contributed by atoms with Crippen LogP contribution < -0.4 is 0 Å². The molecule has 0 aliphatic heterocycles. The maximum atomic E-state index is 10.5. The Kier molecular flexibility index (Phi) is 2.93. The summed E-state index contributed by atoms with van der Waals surface area (Å²) in [4.78, 5) is 10.5. The van der Waals surface area contributed by atoms with E-state index in [4.69, 9.17) is 16.7 Å². The number of hydrogen-bond donors (Lipinski definition) is 1. The maximum Gasteiger partial charge on any atom is 0.329 e. The average molecular weight is 233 g/mol. The van der Waals surface area contributed by atoms with Crippen LogP contribution in [0, 0.1) is 0 Å². The summed E-state index contributed by atoms with van der Waals surface area (Å²) in [5, 5.41) is 11.0. The number of halogens is 1. The van der Waals surface area contributed by atoms with Gasteiger partial charge in [-0.2, -0.15) is 0 Å². The number of carboxylic acids is 1. The van der Waals surface area contributed by atoms with Crippen LogP contribution in [0.2, 0.25) is 0 Å². The van der Waals surface area contributed by atoms with Gasteiger partial charge in [-0.25, -0.2) is 4.79 Å². The lowest BCUT2D eigenvalue weighted by Crippen LogP contribution is -1.88. The summed E-state index contributed by atoms with van der Waals surface area (Å²) >= 11 is 5.88. The lowest BCUT2D eigenvalue weighted by Gasteiger charge is -2.01. The van der Waals surface area contributed by atoms with Gasteiger partial charge in [0.15, 0.2) is 0 Å². The Morgan fingerprint density at radius 1 is 1.12 bits per heavy atom. The molecule has 3 heteroatoms. The van der Waals surface area contributed by atoms with Crippen LogP contribution in [0.5, 0.6) is 0 Å². The monoisotopic (exact) mass is 232 g/mol. The van der Waals surface area contributed by atoms with Crippen molar-refractivity contribution in [2.45, 2.75) is 0 Å². The number of carboxylic acid groups (broad SMARTS) is 1. The fourth-order valence-electron chi connectivity index (χ4n) is 1.53. The molecule has 2 rings (SSSR count). The second kappa shape index (κ2) is 4.37. The molecule has 0 aliphatic rings. The Bertz CT molecular complexity index is 573. The van der Waals surface area contributed by atoms with Gasteiger partial charge in [-0.1, -0.05) is 48.0 Å². The molecule has 2 aromatic carbocycles. The zero-order chi connectivity index (χ0) is 11.5. The number of carbonyl (C=O) groups is 1. The van der Waals surface area contributed by atoms with Crippen LogP contribution in [0.15, 0.2) is 48.5 Å². The zero-order valence-electron chi connectivity index (χ0n) is 8.35. The third kappa shape index (κ3) is 2.23. The summed E-state index contributed by atoms with van der Waals surface area (Å²) in [5.41, 5.74) is 0.711. The van der Waals surface area contributed by atoms with Gasteiger partial charge in [0.05, 0.1) is 5.03 Å². The average Bonchev–Trinajstić information content (AvgIpc) is 2.27. The smallest absolute Gasteiger partial charge is 0.329 e. The normalized spacial score (nSPS) is 11.7. The second-order valence-corrected chi connectivity index (χ2v) is 3.80.